The number of hydrogen-bond acceptors (Lipinski definition) is 3. The zero-order valence-electron chi connectivity index (χ0n) is 11.0. The SMILES string of the molecule is CC(Cc1cccs1)NC1C(=O)Nc2cc(F)ccc21. The van der Waals surface area contributed by atoms with Crippen LogP contribution >= 0.6 is 11.3 Å². The second-order valence-corrected chi connectivity index (χ2v) is 6.04. The molecule has 5 heteroatoms. The molecule has 1 aromatic heterocycles. The maximum absolute atomic E-state index is 13.2. The van der Waals surface area contributed by atoms with Crippen molar-refractivity contribution in [2.75, 3.05) is 5.32 Å². The standard InChI is InChI=1S/C15H15FN2OS/c1-9(7-11-3-2-6-20-11)17-14-12-5-4-10(16)8-13(12)18-15(14)19/h2-6,8-9,14,17H,7H2,1H3,(H,18,19). The number of thiophene rings is 1. The molecule has 20 heavy (non-hydrogen) atoms. The molecule has 104 valence electrons. The van der Waals surface area contributed by atoms with Gasteiger partial charge in [0.2, 0.25) is 5.91 Å². The smallest absolute Gasteiger partial charge is 0.246 e. The van der Waals surface area contributed by atoms with Gasteiger partial charge < -0.3 is 5.32 Å². The molecule has 2 atom stereocenters. The second-order valence-electron chi connectivity index (χ2n) is 5.01. The van der Waals surface area contributed by atoms with E-state index in [-0.39, 0.29) is 17.8 Å². The molecule has 1 amide bonds. The molecule has 3 nitrogen and oxygen atoms in total. The molecule has 0 aliphatic carbocycles. The Morgan fingerprint density at radius 3 is 3.05 bits per heavy atom. The van der Waals surface area contributed by atoms with Crippen molar-refractivity contribution in [3.05, 3.63) is 52.0 Å². The average Bonchev–Trinajstić information content (AvgIpc) is 2.98. The molecule has 1 aliphatic heterocycles. The largest absolute Gasteiger partial charge is 0.324 e. The van der Waals surface area contributed by atoms with Crippen LogP contribution in [0.15, 0.2) is 35.7 Å². The summed E-state index contributed by atoms with van der Waals surface area (Å²) < 4.78 is 13.2. The summed E-state index contributed by atoms with van der Waals surface area (Å²) in [5.74, 6) is -0.458. The number of carbonyl (C=O) groups is 1. The fourth-order valence-electron chi connectivity index (χ4n) is 2.47. The highest BCUT2D eigenvalue weighted by Gasteiger charge is 2.31. The Balaban J connectivity index is 1.73. The number of amides is 1. The summed E-state index contributed by atoms with van der Waals surface area (Å²) in [5, 5.41) is 8.07. The maximum atomic E-state index is 13.2. The van der Waals surface area contributed by atoms with E-state index in [2.05, 4.69) is 23.6 Å². The van der Waals surface area contributed by atoms with Crippen LogP contribution in [-0.4, -0.2) is 11.9 Å². The monoisotopic (exact) mass is 290 g/mol. The number of halogens is 1. The summed E-state index contributed by atoms with van der Waals surface area (Å²) in [7, 11) is 0. The average molecular weight is 290 g/mol. The minimum Gasteiger partial charge on any atom is -0.324 e. The van der Waals surface area contributed by atoms with Crippen LogP contribution in [0.2, 0.25) is 0 Å². The third-order valence-electron chi connectivity index (χ3n) is 3.39. The highest BCUT2D eigenvalue weighted by Crippen LogP contribution is 2.31. The second kappa shape index (κ2) is 5.34. The first-order valence-electron chi connectivity index (χ1n) is 6.52. The van der Waals surface area contributed by atoms with Gasteiger partial charge in [-0.1, -0.05) is 12.1 Å². The Morgan fingerprint density at radius 1 is 1.45 bits per heavy atom. The summed E-state index contributed by atoms with van der Waals surface area (Å²) in [6.45, 7) is 2.05. The lowest BCUT2D eigenvalue weighted by molar-refractivity contribution is -0.117. The van der Waals surface area contributed by atoms with Crippen molar-refractivity contribution in [2.45, 2.75) is 25.4 Å². The molecule has 0 spiro atoms. The number of fused-ring (bicyclic) bond motifs is 1. The lowest BCUT2D eigenvalue weighted by Gasteiger charge is -2.18. The van der Waals surface area contributed by atoms with E-state index in [0.29, 0.717) is 5.69 Å². The van der Waals surface area contributed by atoms with E-state index in [4.69, 9.17) is 0 Å². The molecular weight excluding hydrogens is 275 g/mol. The zero-order valence-corrected chi connectivity index (χ0v) is 11.8. The molecule has 0 saturated heterocycles. The summed E-state index contributed by atoms with van der Waals surface area (Å²) >= 11 is 1.71. The molecule has 1 aliphatic rings. The van der Waals surface area contributed by atoms with Gasteiger partial charge in [0.05, 0.1) is 0 Å². The predicted octanol–water partition coefficient (Wildman–Crippen LogP) is 3.10. The molecule has 1 aromatic carbocycles. The Bertz CT molecular complexity index is 627. The summed E-state index contributed by atoms with van der Waals surface area (Å²) in [6.07, 6.45) is 0.873. The van der Waals surface area contributed by atoms with E-state index in [1.165, 1.54) is 17.0 Å². The van der Waals surface area contributed by atoms with Crippen LogP contribution in [-0.2, 0) is 11.2 Å². The van der Waals surface area contributed by atoms with Crippen molar-refractivity contribution < 1.29 is 9.18 Å². The van der Waals surface area contributed by atoms with E-state index in [1.807, 2.05) is 11.4 Å². The van der Waals surface area contributed by atoms with Gasteiger partial charge in [0, 0.05) is 22.2 Å². The fraction of sp³-hybridized carbons (Fsp3) is 0.267. The quantitative estimate of drug-likeness (QED) is 0.908. The van der Waals surface area contributed by atoms with E-state index < -0.39 is 6.04 Å². The molecule has 2 N–H and O–H groups in total. The van der Waals surface area contributed by atoms with Crippen LogP contribution in [0.3, 0.4) is 0 Å². The third-order valence-corrected chi connectivity index (χ3v) is 4.28. The molecule has 0 fully saturated rings. The zero-order chi connectivity index (χ0) is 14.1. The van der Waals surface area contributed by atoms with Gasteiger partial charge in [-0.25, -0.2) is 4.39 Å². The van der Waals surface area contributed by atoms with Crippen molar-refractivity contribution in [1.29, 1.82) is 0 Å². The number of hydrogen-bond donors (Lipinski definition) is 2. The normalized spacial score (nSPS) is 18.7. The van der Waals surface area contributed by atoms with Crippen LogP contribution in [0.25, 0.3) is 0 Å². The highest BCUT2D eigenvalue weighted by molar-refractivity contribution is 7.09. The molecule has 3 rings (SSSR count). The van der Waals surface area contributed by atoms with Gasteiger partial charge in [-0.15, -0.1) is 11.3 Å². The number of anilines is 1. The van der Waals surface area contributed by atoms with Crippen LogP contribution in [0.5, 0.6) is 0 Å². The number of rotatable bonds is 4. The van der Waals surface area contributed by atoms with Gasteiger partial charge in [-0.2, -0.15) is 0 Å². The van der Waals surface area contributed by atoms with Gasteiger partial charge in [-0.05, 0) is 36.9 Å². The van der Waals surface area contributed by atoms with Crippen LogP contribution in [0.4, 0.5) is 10.1 Å². The van der Waals surface area contributed by atoms with Crippen molar-refractivity contribution in [1.82, 2.24) is 5.32 Å². The summed E-state index contributed by atoms with van der Waals surface area (Å²) in [6, 6.07) is 8.28. The maximum Gasteiger partial charge on any atom is 0.246 e. The van der Waals surface area contributed by atoms with Crippen LogP contribution in [0, 0.1) is 5.82 Å². The Morgan fingerprint density at radius 2 is 2.30 bits per heavy atom. The number of nitrogens with one attached hydrogen (secondary N) is 2. The van der Waals surface area contributed by atoms with Gasteiger partial charge in [0.15, 0.2) is 0 Å². The first-order chi connectivity index (χ1) is 9.63. The lowest BCUT2D eigenvalue weighted by atomic mass is 10.1. The van der Waals surface area contributed by atoms with Crippen LogP contribution < -0.4 is 10.6 Å². The van der Waals surface area contributed by atoms with E-state index in [0.717, 1.165) is 12.0 Å². The Kier molecular flexibility index (Phi) is 3.54. The first kappa shape index (κ1) is 13.3. The summed E-state index contributed by atoms with van der Waals surface area (Å²) in [4.78, 5) is 13.3. The first-order valence-corrected chi connectivity index (χ1v) is 7.40. The van der Waals surface area contributed by atoms with Crippen molar-refractivity contribution >= 4 is 22.9 Å². The van der Waals surface area contributed by atoms with Crippen molar-refractivity contribution in [3.63, 3.8) is 0 Å². The molecule has 2 aromatic rings. The van der Waals surface area contributed by atoms with Crippen molar-refractivity contribution in [2.24, 2.45) is 0 Å². The van der Waals surface area contributed by atoms with Gasteiger partial charge in [-0.3, -0.25) is 10.1 Å². The van der Waals surface area contributed by atoms with Gasteiger partial charge >= 0.3 is 0 Å². The molecular formula is C15H15FN2OS. The lowest BCUT2D eigenvalue weighted by Crippen LogP contribution is -2.35. The number of carbonyl (C=O) groups excluding carboxylic acids is 1. The molecule has 2 unspecified atom stereocenters. The molecule has 0 radical (unpaired) electrons. The van der Waals surface area contributed by atoms with E-state index in [1.54, 1.807) is 17.4 Å². The third kappa shape index (κ3) is 2.59. The van der Waals surface area contributed by atoms with E-state index >= 15 is 0 Å². The minimum absolute atomic E-state index is 0.122. The summed E-state index contributed by atoms with van der Waals surface area (Å²) in [5.41, 5.74) is 1.38. The molecule has 0 saturated carbocycles. The fourth-order valence-corrected chi connectivity index (χ4v) is 3.31. The highest BCUT2D eigenvalue weighted by atomic mass is 32.1. The van der Waals surface area contributed by atoms with Crippen LogP contribution in [0.1, 0.15) is 23.4 Å². The topological polar surface area (TPSA) is 41.1 Å². The Labute approximate surface area is 120 Å². The Hall–Kier alpha value is -1.72. The molecule has 2 heterocycles. The van der Waals surface area contributed by atoms with E-state index in [9.17, 15) is 9.18 Å². The van der Waals surface area contributed by atoms with Crippen molar-refractivity contribution in [3.8, 4) is 0 Å². The predicted molar refractivity (Wildman–Crippen MR) is 78.4 cm³/mol. The minimum atomic E-state index is -0.402. The number of benzene rings is 1. The van der Waals surface area contributed by atoms with Gasteiger partial charge in [0.25, 0.3) is 0 Å². The molecule has 0 bridgehead atoms. The van der Waals surface area contributed by atoms with Gasteiger partial charge in [0.1, 0.15) is 11.9 Å².